The summed E-state index contributed by atoms with van der Waals surface area (Å²) in [5.74, 6) is 1.35. The van der Waals surface area contributed by atoms with E-state index in [1.54, 1.807) is 0 Å². The van der Waals surface area contributed by atoms with Crippen LogP contribution >= 0.6 is 23.2 Å². The van der Waals surface area contributed by atoms with Crippen LogP contribution in [0.5, 0.6) is 5.75 Å². The maximum absolute atomic E-state index is 6.33. The second kappa shape index (κ2) is 3.32. The van der Waals surface area contributed by atoms with Gasteiger partial charge in [-0.2, -0.15) is 0 Å². The molecule has 2 rings (SSSR count). The molecule has 3 heteroatoms. The monoisotopic (exact) mass is 230 g/mol. The van der Waals surface area contributed by atoms with Crippen molar-refractivity contribution in [3.63, 3.8) is 0 Å². The highest BCUT2D eigenvalue weighted by atomic mass is 35.5. The van der Waals surface area contributed by atoms with E-state index in [0.717, 1.165) is 16.9 Å². The second-order valence-electron chi connectivity index (χ2n) is 4.03. The minimum absolute atomic E-state index is 0.118. The molecule has 0 amide bonds. The zero-order valence-electron chi connectivity index (χ0n) is 8.18. The van der Waals surface area contributed by atoms with Gasteiger partial charge in [0.15, 0.2) is 0 Å². The number of hydrogen-bond donors (Lipinski definition) is 0. The standard InChI is InChI=1S/C11H12Cl2O/c1-11(2)10(13)9-7(6-12)4-3-5-8(9)14-11/h3-5,10H,6H2,1-2H3. The molecule has 1 aromatic rings. The van der Waals surface area contributed by atoms with Crippen LogP contribution in [0.4, 0.5) is 0 Å². The molecule has 0 spiro atoms. The van der Waals surface area contributed by atoms with Gasteiger partial charge in [0.1, 0.15) is 16.7 Å². The molecule has 1 nitrogen and oxygen atoms in total. The fourth-order valence-electron chi connectivity index (χ4n) is 1.77. The van der Waals surface area contributed by atoms with Gasteiger partial charge in [0.25, 0.3) is 0 Å². The van der Waals surface area contributed by atoms with Gasteiger partial charge < -0.3 is 4.74 Å². The molecule has 0 radical (unpaired) electrons. The Bertz CT molecular complexity index is 360. The topological polar surface area (TPSA) is 9.23 Å². The lowest BCUT2D eigenvalue weighted by molar-refractivity contribution is 0.133. The summed E-state index contributed by atoms with van der Waals surface area (Å²) >= 11 is 12.2. The van der Waals surface area contributed by atoms with Crippen LogP contribution in [-0.4, -0.2) is 5.60 Å². The molecule has 1 unspecified atom stereocenters. The zero-order valence-corrected chi connectivity index (χ0v) is 9.69. The third kappa shape index (κ3) is 1.39. The lowest BCUT2D eigenvalue weighted by atomic mass is 9.97. The summed E-state index contributed by atoms with van der Waals surface area (Å²) in [5, 5.41) is -0.118. The molecule has 1 aliphatic heterocycles. The molecule has 0 N–H and O–H groups in total. The predicted octanol–water partition coefficient (Wildman–Crippen LogP) is 3.88. The Morgan fingerprint density at radius 1 is 1.43 bits per heavy atom. The molecule has 1 heterocycles. The van der Waals surface area contributed by atoms with Crippen molar-refractivity contribution in [3.05, 3.63) is 29.3 Å². The number of rotatable bonds is 1. The highest BCUT2D eigenvalue weighted by Gasteiger charge is 2.40. The molecule has 0 saturated heterocycles. The fraction of sp³-hybridized carbons (Fsp3) is 0.455. The SMILES string of the molecule is CC1(C)Oc2cccc(CCl)c2C1Cl. The molecule has 0 bridgehead atoms. The molecule has 0 saturated carbocycles. The van der Waals surface area contributed by atoms with Gasteiger partial charge in [0.2, 0.25) is 0 Å². The Morgan fingerprint density at radius 3 is 2.79 bits per heavy atom. The van der Waals surface area contributed by atoms with E-state index in [0.29, 0.717) is 5.88 Å². The Kier molecular flexibility index (Phi) is 2.40. The van der Waals surface area contributed by atoms with Gasteiger partial charge in [0.05, 0.1) is 0 Å². The first-order valence-electron chi connectivity index (χ1n) is 4.57. The number of ether oxygens (including phenoxy) is 1. The molecule has 0 fully saturated rings. The normalized spacial score (nSPS) is 23.0. The largest absolute Gasteiger partial charge is 0.486 e. The molecule has 1 aliphatic rings. The quantitative estimate of drug-likeness (QED) is 0.666. The summed E-state index contributed by atoms with van der Waals surface area (Å²) < 4.78 is 5.76. The number of benzene rings is 1. The summed E-state index contributed by atoms with van der Waals surface area (Å²) in [6, 6.07) is 5.88. The van der Waals surface area contributed by atoms with E-state index < -0.39 is 0 Å². The van der Waals surface area contributed by atoms with Crippen LogP contribution in [0.15, 0.2) is 18.2 Å². The highest BCUT2D eigenvalue weighted by molar-refractivity contribution is 6.22. The van der Waals surface area contributed by atoms with Crippen molar-refractivity contribution < 1.29 is 4.74 Å². The number of alkyl halides is 2. The third-order valence-corrected chi connectivity index (χ3v) is 3.57. The summed E-state index contributed by atoms with van der Waals surface area (Å²) in [5.41, 5.74) is 1.77. The molecule has 14 heavy (non-hydrogen) atoms. The Morgan fingerprint density at radius 2 is 2.14 bits per heavy atom. The van der Waals surface area contributed by atoms with Gasteiger partial charge >= 0.3 is 0 Å². The molecule has 1 atom stereocenters. The third-order valence-electron chi connectivity index (χ3n) is 2.54. The number of hydrogen-bond acceptors (Lipinski definition) is 1. The van der Waals surface area contributed by atoms with Crippen molar-refractivity contribution in [2.75, 3.05) is 0 Å². The average molecular weight is 231 g/mol. The maximum Gasteiger partial charge on any atom is 0.125 e. The van der Waals surface area contributed by atoms with Gasteiger partial charge in [-0.05, 0) is 25.5 Å². The molecular weight excluding hydrogens is 219 g/mol. The van der Waals surface area contributed by atoms with Crippen molar-refractivity contribution in [2.24, 2.45) is 0 Å². The molecule has 76 valence electrons. The van der Waals surface area contributed by atoms with E-state index in [1.807, 2.05) is 32.0 Å². The van der Waals surface area contributed by atoms with Crippen LogP contribution in [0.1, 0.15) is 30.4 Å². The summed E-state index contributed by atoms with van der Waals surface area (Å²) in [7, 11) is 0. The van der Waals surface area contributed by atoms with E-state index in [9.17, 15) is 0 Å². The minimum atomic E-state index is -0.341. The van der Waals surface area contributed by atoms with Crippen molar-refractivity contribution in [1.82, 2.24) is 0 Å². The molecular formula is C11H12Cl2O. The molecule has 0 aliphatic carbocycles. The Hall–Kier alpha value is -0.400. The van der Waals surface area contributed by atoms with E-state index in [4.69, 9.17) is 27.9 Å². The Labute approximate surface area is 94.0 Å². The number of halogens is 2. The van der Waals surface area contributed by atoms with Crippen molar-refractivity contribution in [3.8, 4) is 5.75 Å². The Balaban J connectivity index is 2.54. The summed E-state index contributed by atoms with van der Waals surface area (Å²) in [6.07, 6.45) is 0. The van der Waals surface area contributed by atoms with E-state index >= 15 is 0 Å². The van der Waals surface area contributed by atoms with Crippen LogP contribution in [-0.2, 0) is 5.88 Å². The number of fused-ring (bicyclic) bond motifs is 1. The van der Waals surface area contributed by atoms with Crippen LogP contribution < -0.4 is 4.74 Å². The van der Waals surface area contributed by atoms with Gasteiger partial charge in [-0.25, -0.2) is 0 Å². The fourth-order valence-corrected chi connectivity index (χ4v) is 2.29. The van der Waals surface area contributed by atoms with E-state index in [1.165, 1.54) is 0 Å². The van der Waals surface area contributed by atoms with Gasteiger partial charge in [-0.1, -0.05) is 12.1 Å². The average Bonchev–Trinajstić information content (AvgIpc) is 2.37. The van der Waals surface area contributed by atoms with Crippen molar-refractivity contribution >= 4 is 23.2 Å². The maximum atomic E-state index is 6.33. The summed E-state index contributed by atoms with van der Waals surface area (Å²) in [4.78, 5) is 0. The predicted molar refractivity (Wildman–Crippen MR) is 59.3 cm³/mol. The van der Waals surface area contributed by atoms with Crippen LogP contribution in [0, 0.1) is 0 Å². The first-order valence-corrected chi connectivity index (χ1v) is 5.54. The van der Waals surface area contributed by atoms with Crippen molar-refractivity contribution in [1.29, 1.82) is 0 Å². The van der Waals surface area contributed by atoms with E-state index in [-0.39, 0.29) is 11.0 Å². The van der Waals surface area contributed by atoms with Crippen LogP contribution in [0.25, 0.3) is 0 Å². The van der Waals surface area contributed by atoms with Gasteiger partial charge in [0, 0.05) is 11.4 Å². The van der Waals surface area contributed by atoms with E-state index in [2.05, 4.69) is 0 Å². The van der Waals surface area contributed by atoms with Crippen LogP contribution in [0.3, 0.4) is 0 Å². The van der Waals surface area contributed by atoms with Gasteiger partial charge in [-0.3, -0.25) is 0 Å². The van der Waals surface area contributed by atoms with Crippen molar-refractivity contribution in [2.45, 2.75) is 30.7 Å². The summed E-state index contributed by atoms with van der Waals surface area (Å²) in [6.45, 7) is 3.98. The minimum Gasteiger partial charge on any atom is -0.486 e. The first kappa shape index (κ1) is 10.1. The first-order chi connectivity index (χ1) is 6.56. The highest BCUT2D eigenvalue weighted by Crippen LogP contribution is 2.48. The molecule has 0 aromatic heterocycles. The molecule has 1 aromatic carbocycles. The smallest absolute Gasteiger partial charge is 0.125 e. The lowest BCUT2D eigenvalue weighted by Gasteiger charge is -2.21. The second-order valence-corrected chi connectivity index (χ2v) is 4.73. The lowest BCUT2D eigenvalue weighted by Crippen LogP contribution is -2.27. The van der Waals surface area contributed by atoms with Gasteiger partial charge in [-0.15, -0.1) is 23.2 Å². The van der Waals surface area contributed by atoms with Crippen LogP contribution in [0.2, 0.25) is 0 Å². The zero-order chi connectivity index (χ0) is 10.3.